The van der Waals surface area contributed by atoms with Gasteiger partial charge in [-0.05, 0) is 43.9 Å². The van der Waals surface area contributed by atoms with Crippen molar-refractivity contribution in [1.29, 1.82) is 0 Å². The van der Waals surface area contributed by atoms with Gasteiger partial charge in [-0.15, -0.1) is 0 Å². The lowest BCUT2D eigenvalue weighted by Crippen LogP contribution is -2.44. The van der Waals surface area contributed by atoms with Crippen LogP contribution in [0.3, 0.4) is 0 Å². The fourth-order valence-electron chi connectivity index (χ4n) is 3.64. The van der Waals surface area contributed by atoms with Gasteiger partial charge in [0.05, 0.1) is 6.04 Å². The Morgan fingerprint density at radius 1 is 1.33 bits per heavy atom. The molecule has 0 unspecified atom stereocenters. The molecule has 1 amide bonds. The highest BCUT2D eigenvalue weighted by Crippen LogP contribution is 2.54. The van der Waals surface area contributed by atoms with Gasteiger partial charge in [-0.1, -0.05) is 12.1 Å². The molecular weight excluding hydrogens is 279 g/mol. The molecule has 114 valence electrons. The maximum atomic E-state index is 13.9. The van der Waals surface area contributed by atoms with E-state index in [1.807, 2.05) is 0 Å². The number of fused-ring (bicyclic) bond motifs is 1. The Hall–Kier alpha value is -1.52. The van der Waals surface area contributed by atoms with Gasteiger partial charge in [-0.3, -0.25) is 4.79 Å². The molecule has 3 atom stereocenters. The molecule has 1 aromatic rings. The summed E-state index contributed by atoms with van der Waals surface area (Å²) < 4.78 is 41.1. The van der Waals surface area contributed by atoms with Gasteiger partial charge in [0.25, 0.3) is 5.92 Å². The van der Waals surface area contributed by atoms with Gasteiger partial charge in [0, 0.05) is 13.0 Å². The Labute approximate surface area is 121 Å². The van der Waals surface area contributed by atoms with Crippen LogP contribution in [0, 0.1) is 11.2 Å². The molecule has 0 spiro atoms. The Balaban J connectivity index is 1.95. The SMILES string of the molecule is CC(F)(F)[C@@]1(C)C[C@@H]2CC[C@H](c3cccc(F)c3)N2C1=O. The number of alkyl halides is 2. The first-order chi connectivity index (χ1) is 9.74. The molecule has 21 heavy (non-hydrogen) atoms. The van der Waals surface area contributed by atoms with E-state index in [1.165, 1.54) is 19.1 Å². The predicted molar refractivity (Wildman–Crippen MR) is 72.4 cm³/mol. The minimum absolute atomic E-state index is 0.165. The summed E-state index contributed by atoms with van der Waals surface area (Å²) in [5, 5.41) is 0. The number of rotatable bonds is 2. The van der Waals surface area contributed by atoms with Gasteiger partial charge in [-0.25, -0.2) is 13.2 Å². The lowest BCUT2D eigenvalue weighted by molar-refractivity contribution is -0.156. The highest BCUT2D eigenvalue weighted by molar-refractivity contribution is 5.87. The summed E-state index contributed by atoms with van der Waals surface area (Å²) in [6.07, 6.45) is 1.56. The quantitative estimate of drug-likeness (QED) is 0.810. The summed E-state index contributed by atoms with van der Waals surface area (Å²) in [5.41, 5.74) is -0.960. The van der Waals surface area contributed by atoms with E-state index in [0.29, 0.717) is 18.4 Å². The number of halogens is 3. The molecule has 0 N–H and O–H groups in total. The van der Waals surface area contributed by atoms with Crippen molar-refractivity contribution in [3.8, 4) is 0 Å². The summed E-state index contributed by atoms with van der Waals surface area (Å²) in [7, 11) is 0. The molecule has 2 nitrogen and oxygen atoms in total. The second kappa shape index (κ2) is 4.49. The van der Waals surface area contributed by atoms with E-state index in [9.17, 15) is 18.0 Å². The zero-order valence-electron chi connectivity index (χ0n) is 12.1. The fraction of sp³-hybridized carbons (Fsp3) is 0.562. The van der Waals surface area contributed by atoms with Crippen LogP contribution in [0.5, 0.6) is 0 Å². The van der Waals surface area contributed by atoms with Crippen LogP contribution in [0.4, 0.5) is 13.2 Å². The Bertz CT molecular complexity index is 583. The second-order valence-corrected chi connectivity index (χ2v) is 6.44. The third kappa shape index (κ3) is 2.05. The summed E-state index contributed by atoms with van der Waals surface area (Å²) >= 11 is 0. The van der Waals surface area contributed by atoms with E-state index < -0.39 is 17.2 Å². The molecule has 2 aliphatic rings. The first kappa shape index (κ1) is 14.4. The van der Waals surface area contributed by atoms with Gasteiger partial charge in [-0.2, -0.15) is 0 Å². The van der Waals surface area contributed by atoms with Crippen LogP contribution >= 0.6 is 0 Å². The van der Waals surface area contributed by atoms with E-state index in [2.05, 4.69) is 0 Å². The third-order valence-electron chi connectivity index (χ3n) is 5.06. The lowest BCUT2D eigenvalue weighted by Gasteiger charge is -2.31. The molecule has 1 aromatic carbocycles. The first-order valence-electron chi connectivity index (χ1n) is 7.20. The number of amides is 1. The van der Waals surface area contributed by atoms with E-state index >= 15 is 0 Å². The van der Waals surface area contributed by atoms with Crippen molar-refractivity contribution in [2.24, 2.45) is 5.41 Å². The van der Waals surface area contributed by atoms with Crippen LogP contribution in [0.25, 0.3) is 0 Å². The van der Waals surface area contributed by atoms with E-state index in [0.717, 1.165) is 6.92 Å². The zero-order valence-corrected chi connectivity index (χ0v) is 12.1. The van der Waals surface area contributed by atoms with Crippen LogP contribution in [0.15, 0.2) is 24.3 Å². The lowest BCUT2D eigenvalue weighted by atomic mass is 9.80. The number of carbonyl (C=O) groups is 1. The summed E-state index contributed by atoms with van der Waals surface area (Å²) in [4.78, 5) is 14.1. The molecule has 0 saturated carbocycles. The van der Waals surface area contributed by atoms with Gasteiger partial charge >= 0.3 is 0 Å². The van der Waals surface area contributed by atoms with E-state index in [4.69, 9.17) is 0 Å². The second-order valence-electron chi connectivity index (χ2n) is 6.44. The van der Waals surface area contributed by atoms with Crippen LogP contribution in [-0.2, 0) is 4.79 Å². The van der Waals surface area contributed by atoms with Crippen LogP contribution in [0.1, 0.15) is 44.7 Å². The van der Waals surface area contributed by atoms with Crippen LogP contribution < -0.4 is 0 Å². The average molecular weight is 297 g/mol. The Kier molecular flexibility index (Phi) is 3.08. The normalized spacial score (nSPS) is 32.6. The molecule has 0 bridgehead atoms. The monoisotopic (exact) mass is 297 g/mol. The summed E-state index contributed by atoms with van der Waals surface area (Å²) in [6.45, 7) is 2.15. The molecular formula is C16H18F3NO. The van der Waals surface area contributed by atoms with Crippen molar-refractivity contribution in [3.05, 3.63) is 35.6 Å². The van der Waals surface area contributed by atoms with Crippen molar-refractivity contribution in [3.63, 3.8) is 0 Å². The Morgan fingerprint density at radius 3 is 2.67 bits per heavy atom. The standard InChI is InChI=1S/C16H18F3NO/c1-15(16(2,18)19)9-12-6-7-13(20(12)14(15)21)10-4-3-5-11(17)8-10/h3-5,8,12-13H,6-7,9H2,1-2H3/t12-,13+,15-/m0/s1. The van der Waals surface area contributed by atoms with Crippen molar-refractivity contribution in [2.45, 2.75) is 51.1 Å². The van der Waals surface area contributed by atoms with Crippen molar-refractivity contribution in [2.75, 3.05) is 0 Å². The van der Waals surface area contributed by atoms with Crippen LogP contribution in [-0.4, -0.2) is 22.8 Å². The maximum Gasteiger partial charge on any atom is 0.259 e. The topological polar surface area (TPSA) is 20.3 Å². The predicted octanol–water partition coefficient (Wildman–Crippen LogP) is 3.92. The first-order valence-corrected chi connectivity index (χ1v) is 7.20. The molecule has 3 rings (SSSR count). The largest absolute Gasteiger partial charge is 0.332 e. The fourth-order valence-corrected chi connectivity index (χ4v) is 3.64. The summed E-state index contributed by atoms with van der Waals surface area (Å²) in [5.74, 6) is -3.93. The van der Waals surface area contributed by atoms with Crippen molar-refractivity contribution < 1.29 is 18.0 Å². The van der Waals surface area contributed by atoms with E-state index in [1.54, 1.807) is 17.0 Å². The molecule has 2 fully saturated rings. The number of nitrogens with zero attached hydrogens (tertiary/aromatic N) is 1. The zero-order chi connectivity index (χ0) is 15.4. The van der Waals surface area contributed by atoms with Gasteiger partial charge in [0.15, 0.2) is 0 Å². The van der Waals surface area contributed by atoms with Gasteiger partial charge < -0.3 is 4.90 Å². The average Bonchev–Trinajstić information content (AvgIpc) is 2.89. The van der Waals surface area contributed by atoms with Crippen molar-refractivity contribution in [1.82, 2.24) is 4.90 Å². The number of hydrogen-bond acceptors (Lipinski definition) is 1. The highest BCUT2D eigenvalue weighted by atomic mass is 19.3. The molecule has 5 heteroatoms. The highest BCUT2D eigenvalue weighted by Gasteiger charge is 2.62. The smallest absolute Gasteiger partial charge is 0.259 e. The van der Waals surface area contributed by atoms with E-state index in [-0.39, 0.29) is 24.3 Å². The van der Waals surface area contributed by atoms with Gasteiger partial charge in [0.1, 0.15) is 11.2 Å². The maximum absolute atomic E-state index is 13.9. The number of hydrogen-bond donors (Lipinski definition) is 0. The number of carbonyl (C=O) groups excluding carboxylic acids is 1. The molecule has 0 radical (unpaired) electrons. The minimum atomic E-state index is -3.05. The van der Waals surface area contributed by atoms with Crippen molar-refractivity contribution >= 4 is 5.91 Å². The molecule has 0 aliphatic carbocycles. The Morgan fingerprint density at radius 2 is 2.05 bits per heavy atom. The number of benzene rings is 1. The molecule has 2 aliphatic heterocycles. The molecule has 0 aromatic heterocycles. The van der Waals surface area contributed by atoms with Crippen LogP contribution in [0.2, 0.25) is 0 Å². The van der Waals surface area contributed by atoms with Gasteiger partial charge in [0.2, 0.25) is 5.91 Å². The molecule has 2 saturated heterocycles. The minimum Gasteiger partial charge on any atom is -0.332 e. The molecule has 2 heterocycles. The third-order valence-corrected chi connectivity index (χ3v) is 5.06. The summed E-state index contributed by atoms with van der Waals surface area (Å²) in [6, 6.07) is 5.62.